The van der Waals surface area contributed by atoms with Gasteiger partial charge >= 0.3 is 0 Å². The second-order valence-electron chi connectivity index (χ2n) is 13.5. The maximum Gasteiger partial charge on any atom is 0.131 e. The molecule has 1 unspecified atom stereocenters. The van der Waals surface area contributed by atoms with Gasteiger partial charge in [0.2, 0.25) is 0 Å². The predicted molar refractivity (Wildman–Crippen MR) is 142 cm³/mol. The quantitative estimate of drug-likeness (QED) is 0.455. The van der Waals surface area contributed by atoms with Crippen LogP contribution in [0.25, 0.3) is 0 Å². The molecule has 1 aromatic carbocycles. The molecule has 6 rings (SSSR count). The van der Waals surface area contributed by atoms with Crippen molar-refractivity contribution in [2.75, 3.05) is 0 Å². The minimum atomic E-state index is -0.924. The summed E-state index contributed by atoms with van der Waals surface area (Å²) >= 11 is 0. The fourth-order valence-electron chi connectivity index (χ4n) is 8.00. The molecule has 2 heteroatoms. The molecule has 0 amide bonds. The van der Waals surface area contributed by atoms with E-state index in [1.54, 1.807) is 11.1 Å². The van der Waals surface area contributed by atoms with Gasteiger partial charge in [-0.3, -0.25) is 0 Å². The number of benzene rings is 1. The van der Waals surface area contributed by atoms with Crippen LogP contribution >= 0.6 is 0 Å². The van der Waals surface area contributed by atoms with Gasteiger partial charge in [-0.15, -0.1) is 0 Å². The molecule has 2 nitrogen and oxygen atoms in total. The highest BCUT2D eigenvalue weighted by Crippen LogP contribution is 2.66. The Morgan fingerprint density at radius 1 is 0.943 bits per heavy atom. The van der Waals surface area contributed by atoms with E-state index in [1.165, 1.54) is 29.5 Å². The van der Waals surface area contributed by atoms with E-state index >= 15 is 0 Å². The zero-order valence-electron chi connectivity index (χ0n) is 22.0. The van der Waals surface area contributed by atoms with Crippen LogP contribution in [0, 0.1) is 34.5 Å². The Balaban J connectivity index is 1.47. The highest BCUT2D eigenvalue weighted by Gasteiger charge is 2.62. The monoisotopic (exact) mass is 470 g/mol. The first-order chi connectivity index (χ1) is 16.6. The Labute approximate surface area is 211 Å². The van der Waals surface area contributed by atoms with E-state index in [9.17, 15) is 10.2 Å². The van der Waals surface area contributed by atoms with Gasteiger partial charge in [0, 0.05) is 16.7 Å². The number of aliphatic hydroxyl groups excluding tert-OH is 1. The lowest BCUT2D eigenvalue weighted by Gasteiger charge is -2.54. The molecular weight excluding hydrogens is 428 g/mol. The number of hydrogen-bond acceptors (Lipinski definition) is 2. The molecule has 5 aliphatic carbocycles. The Kier molecular flexibility index (Phi) is 5.45. The summed E-state index contributed by atoms with van der Waals surface area (Å²) in [6.45, 7) is 8.76. The van der Waals surface area contributed by atoms with Crippen molar-refractivity contribution in [3.63, 3.8) is 0 Å². The van der Waals surface area contributed by atoms with Crippen molar-refractivity contribution in [2.45, 2.75) is 109 Å². The van der Waals surface area contributed by atoms with Gasteiger partial charge in [-0.1, -0.05) is 54.7 Å². The molecule has 0 aliphatic heterocycles. The first-order valence-corrected chi connectivity index (χ1v) is 14.1. The van der Waals surface area contributed by atoms with Crippen molar-refractivity contribution in [3.8, 4) is 11.8 Å². The minimum Gasteiger partial charge on any atom is -0.389 e. The predicted octanol–water partition coefficient (Wildman–Crippen LogP) is 7.04. The third kappa shape index (κ3) is 3.95. The minimum absolute atomic E-state index is 0.114. The lowest BCUT2D eigenvalue weighted by atomic mass is 9.51. The van der Waals surface area contributed by atoms with Crippen molar-refractivity contribution in [1.82, 2.24) is 0 Å². The van der Waals surface area contributed by atoms with Crippen molar-refractivity contribution in [3.05, 3.63) is 58.2 Å². The summed E-state index contributed by atoms with van der Waals surface area (Å²) in [6, 6.07) is 9.51. The SMILES string of the molecule is CC(C)(C)C#C[C@]1(O)CC[C@H]2[C@@H]3CCC4=CC(O)CCC4=C3[C@@H](c3ccc(C4CC4)cc3)C[C@@]21C. The van der Waals surface area contributed by atoms with E-state index in [2.05, 4.69) is 69.9 Å². The topological polar surface area (TPSA) is 40.5 Å². The average molecular weight is 471 g/mol. The summed E-state index contributed by atoms with van der Waals surface area (Å²) in [5.74, 6) is 8.93. The molecule has 0 radical (unpaired) electrons. The fraction of sp³-hybridized carbons (Fsp3) is 0.636. The van der Waals surface area contributed by atoms with E-state index < -0.39 is 5.60 Å². The van der Waals surface area contributed by atoms with E-state index in [4.69, 9.17) is 0 Å². The van der Waals surface area contributed by atoms with Crippen LogP contribution in [0.4, 0.5) is 0 Å². The molecule has 0 aromatic heterocycles. The molecule has 186 valence electrons. The molecule has 3 fully saturated rings. The van der Waals surface area contributed by atoms with Crippen LogP contribution in [-0.2, 0) is 0 Å². The Hall–Kier alpha value is -1.82. The van der Waals surface area contributed by atoms with Gasteiger partial charge in [0.15, 0.2) is 0 Å². The maximum absolute atomic E-state index is 12.1. The van der Waals surface area contributed by atoms with Crippen molar-refractivity contribution < 1.29 is 10.2 Å². The number of aliphatic hydroxyl groups is 2. The van der Waals surface area contributed by atoms with Crippen LogP contribution in [0.1, 0.15) is 108 Å². The number of rotatable bonds is 2. The number of hydrogen-bond donors (Lipinski definition) is 2. The van der Waals surface area contributed by atoms with Crippen LogP contribution in [0.5, 0.6) is 0 Å². The van der Waals surface area contributed by atoms with E-state index in [0.29, 0.717) is 17.8 Å². The van der Waals surface area contributed by atoms with Crippen LogP contribution in [-0.4, -0.2) is 21.9 Å². The number of allylic oxidation sites excluding steroid dienone is 3. The summed E-state index contributed by atoms with van der Waals surface area (Å²) in [5.41, 5.74) is 6.23. The van der Waals surface area contributed by atoms with Gasteiger partial charge < -0.3 is 10.2 Å². The molecule has 0 bridgehead atoms. The zero-order chi connectivity index (χ0) is 24.6. The molecule has 6 atom stereocenters. The lowest BCUT2D eigenvalue weighted by Crippen LogP contribution is -2.51. The van der Waals surface area contributed by atoms with Crippen molar-refractivity contribution >= 4 is 0 Å². The summed E-state index contributed by atoms with van der Waals surface area (Å²) in [7, 11) is 0. The van der Waals surface area contributed by atoms with Crippen LogP contribution in [0.3, 0.4) is 0 Å². The first-order valence-electron chi connectivity index (χ1n) is 14.1. The normalized spacial score (nSPS) is 38.6. The van der Waals surface area contributed by atoms with E-state index in [1.807, 2.05) is 0 Å². The molecule has 0 spiro atoms. The molecule has 1 aromatic rings. The largest absolute Gasteiger partial charge is 0.389 e. The molecule has 0 heterocycles. The molecular formula is C33H42O2. The van der Waals surface area contributed by atoms with Crippen LogP contribution in [0.15, 0.2) is 47.1 Å². The number of fused-ring (bicyclic) bond motifs is 4. The maximum atomic E-state index is 12.1. The van der Waals surface area contributed by atoms with Gasteiger partial charge in [-0.05, 0) is 119 Å². The smallest absolute Gasteiger partial charge is 0.131 e. The molecule has 0 saturated heterocycles. The molecule has 2 N–H and O–H groups in total. The highest BCUT2D eigenvalue weighted by molar-refractivity contribution is 5.50. The Morgan fingerprint density at radius 2 is 1.66 bits per heavy atom. The van der Waals surface area contributed by atoms with Crippen molar-refractivity contribution in [1.29, 1.82) is 0 Å². The summed E-state index contributed by atoms with van der Waals surface area (Å²) < 4.78 is 0. The standard InChI is InChI=1S/C33H42O2/c1-31(2,3)17-18-33(35)16-15-29-27-13-11-24-19-25(34)12-14-26(24)30(27)28(20-32(29,33)4)23-9-7-22(8-10-23)21-5-6-21/h7-10,19,21,25,27-29,34-35H,5-6,11-16,20H2,1-4H3/t25?,27-,28+,29-,32-,33+/m0/s1. The van der Waals surface area contributed by atoms with Crippen LogP contribution in [0.2, 0.25) is 0 Å². The van der Waals surface area contributed by atoms with Crippen molar-refractivity contribution in [2.24, 2.45) is 22.7 Å². The van der Waals surface area contributed by atoms with E-state index in [0.717, 1.165) is 50.9 Å². The highest BCUT2D eigenvalue weighted by atomic mass is 16.3. The Morgan fingerprint density at radius 3 is 2.34 bits per heavy atom. The summed E-state index contributed by atoms with van der Waals surface area (Å²) in [6.07, 6.45) is 11.3. The van der Waals surface area contributed by atoms with Gasteiger partial charge in [-0.25, -0.2) is 0 Å². The summed E-state index contributed by atoms with van der Waals surface area (Å²) in [4.78, 5) is 0. The van der Waals surface area contributed by atoms with Gasteiger partial charge in [0.05, 0.1) is 6.10 Å². The Bertz CT molecular complexity index is 1130. The van der Waals surface area contributed by atoms with Crippen LogP contribution < -0.4 is 0 Å². The molecule has 35 heavy (non-hydrogen) atoms. The third-order valence-electron chi connectivity index (χ3n) is 10.0. The lowest BCUT2D eigenvalue weighted by molar-refractivity contribution is -0.0515. The summed E-state index contributed by atoms with van der Waals surface area (Å²) in [5, 5.41) is 22.5. The fourth-order valence-corrected chi connectivity index (χ4v) is 8.00. The molecule has 3 saturated carbocycles. The van der Waals surface area contributed by atoms with E-state index in [-0.39, 0.29) is 16.9 Å². The second-order valence-corrected chi connectivity index (χ2v) is 13.5. The average Bonchev–Trinajstić information content (AvgIpc) is 3.63. The van der Waals surface area contributed by atoms with Gasteiger partial charge in [0.1, 0.15) is 5.60 Å². The van der Waals surface area contributed by atoms with Gasteiger partial charge in [-0.2, -0.15) is 0 Å². The molecule has 5 aliphatic rings. The third-order valence-corrected chi connectivity index (χ3v) is 10.0. The van der Waals surface area contributed by atoms with Gasteiger partial charge in [0.25, 0.3) is 0 Å². The first kappa shape index (κ1) is 23.6. The second kappa shape index (κ2) is 8.09. The zero-order valence-corrected chi connectivity index (χ0v) is 22.0.